The standard InChI is InChI=1S/C13H21NO4/c1-5-14(9(2)8-17-4)7-11-6-12(13(15)16)18-10(11)3/h6,9H,5,7-8H2,1-4H3,(H,15,16). The summed E-state index contributed by atoms with van der Waals surface area (Å²) in [4.78, 5) is 13.0. The fourth-order valence-electron chi connectivity index (χ4n) is 1.93. The van der Waals surface area contributed by atoms with Crippen molar-refractivity contribution in [2.75, 3.05) is 20.3 Å². The number of carboxylic acids is 1. The van der Waals surface area contributed by atoms with Crippen LogP contribution in [0, 0.1) is 6.92 Å². The summed E-state index contributed by atoms with van der Waals surface area (Å²) in [5.74, 6) is -0.370. The summed E-state index contributed by atoms with van der Waals surface area (Å²) in [6.45, 7) is 8.13. The molecule has 5 heteroatoms. The number of likely N-dealkylation sites (N-methyl/N-ethyl adjacent to an activating group) is 1. The Labute approximate surface area is 107 Å². The maximum absolute atomic E-state index is 10.8. The molecule has 5 nitrogen and oxygen atoms in total. The van der Waals surface area contributed by atoms with Crippen LogP contribution in [0.25, 0.3) is 0 Å². The quantitative estimate of drug-likeness (QED) is 0.808. The van der Waals surface area contributed by atoms with Crippen molar-refractivity contribution >= 4 is 5.97 Å². The smallest absolute Gasteiger partial charge is 0.371 e. The van der Waals surface area contributed by atoms with E-state index in [-0.39, 0.29) is 11.8 Å². The second-order valence-corrected chi connectivity index (χ2v) is 4.36. The number of methoxy groups -OCH3 is 1. The van der Waals surface area contributed by atoms with Crippen molar-refractivity contribution in [1.29, 1.82) is 0 Å². The van der Waals surface area contributed by atoms with Crippen LogP contribution < -0.4 is 0 Å². The lowest BCUT2D eigenvalue weighted by atomic mass is 10.2. The zero-order valence-corrected chi connectivity index (χ0v) is 11.4. The molecule has 1 atom stereocenters. The first-order valence-corrected chi connectivity index (χ1v) is 6.05. The van der Waals surface area contributed by atoms with E-state index in [4.69, 9.17) is 14.3 Å². The molecule has 1 heterocycles. The number of rotatable bonds is 7. The predicted molar refractivity (Wildman–Crippen MR) is 67.8 cm³/mol. The maximum Gasteiger partial charge on any atom is 0.371 e. The van der Waals surface area contributed by atoms with Gasteiger partial charge in [0.25, 0.3) is 0 Å². The zero-order chi connectivity index (χ0) is 13.7. The Hall–Kier alpha value is -1.33. The third-order valence-electron chi connectivity index (χ3n) is 3.04. The summed E-state index contributed by atoms with van der Waals surface area (Å²) in [7, 11) is 1.68. The number of hydrogen-bond donors (Lipinski definition) is 1. The van der Waals surface area contributed by atoms with Gasteiger partial charge in [0.1, 0.15) is 5.76 Å². The number of aryl methyl sites for hydroxylation is 1. The molecule has 1 N–H and O–H groups in total. The van der Waals surface area contributed by atoms with Crippen molar-refractivity contribution in [3.8, 4) is 0 Å². The molecule has 18 heavy (non-hydrogen) atoms. The van der Waals surface area contributed by atoms with E-state index < -0.39 is 5.97 Å². The third kappa shape index (κ3) is 3.58. The molecule has 0 radical (unpaired) electrons. The molecule has 0 amide bonds. The van der Waals surface area contributed by atoms with Crippen LogP contribution in [0.5, 0.6) is 0 Å². The van der Waals surface area contributed by atoms with Gasteiger partial charge in [0, 0.05) is 25.3 Å². The van der Waals surface area contributed by atoms with E-state index in [1.165, 1.54) is 0 Å². The van der Waals surface area contributed by atoms with Gasteiger partial charge < -0.3 is 14.3 Å². The third-order valence-corrected chi connectivity index (χ3v) is 3.04. The lowest BCUT2D eigenvalue weighted by Gasteiger charge is -2.26. The number of carbonyl (C=O) groups is 1. The molecule has 0 aliphatic heterocycles. The number of aromatic carboxylic acids is 1. The highest BCUT2D eigenvalue weighted by Gasteiger charge is 2.18. The summed E-state index contributed by atoms with van der Waals surface area (Å²) in [5.41, 5.74) is 0.914. The number of ether oxygens (including phenoxy) is 1. The molecule has 1 aromatic rings. The lowest BCUT2D eigenvalue weighted by molar-refractivity contribution is 0.0661. The van der Waals surface area contributed by atoms with Gasteiger partial charge in [-0.2, -0.15) is 0 Å². The average molecular weight is 255 g/mol. The fraction of sp³-hybridized carbons (Fsp3) is 0.615. The van der Waals surface area contributed by atoms with Crippen molar-refractivity contribution < 1.29 is 19.1 Å². The maximum atomic E-state index is 10.8. The van der Waals surface area contributed by atoms with Crippen LogP contribution in [0.4, 0.5) is 0 Å². The van der Waals surface area contributed by atoms with E-state index in [1.54, 1.807) is 20.1 Å². The Balaban J connectivity index is 2.78. The van der Waals surface area contributed by atoms with E-state index in [2.05, 4.69) is 18.7 Å². The summed E-state index contributed by atoms with van der Waals surface area (Å²) in [6.07, 6.45) is 0. The van der Waals surface area contributed by atoms with E-state index in [9.17, 15) is 4.79 Å². The lowest BCUT2D eigenvalue weighted by Crippen LogP contribution is -2.35. The van der Waals surface area contributed by atoms with Gasteiger partial charge in [0.05, 0.1) is 6.61 Å². The molecule has 1 unspecified atom stereocenters. The Morgan fingerprint density at radius 3 is 2.72 bits per heavy atom. The number of carboxylic acid groups (broad SMARTS) is 1. The Morgan fingerprint density at radius 2 is 2.28 bits per heavy atom. The molecular formula is C13H21NO4. The van der Waals surface area contributed by atoms with Gasteiger partial charge in [-0.1, -0.05) is 6.92 Å². The second-order valence-electron chi connectivity index (χ2n) is 4.36. The van der Waals surface area contributed by atoms with Crippen molar-refractivity contribution in [1.82, 2.24) is 4.90 Å². The Kier molecular flexibility index (Phi) is 5.37. The molecule has 0 aromatic carbocycles. The highest BCUT2D eigenvalue weighted by atomic mass is 16.5. The second kappa shape index (κ2) is 6.56. The molecule has 0 bridgehead atoms. The summed E-state index contributed by atoms with van der Waals surface area (Å²) >= 11 is 0. The highest BCUT2D eigenvalue weighted by molar-refractivity contribution is 5.84. The normalized spacial score (nSPS) is 12.9. The van der Waals surface area contributed by atoms with Crippen LogP contribution in [0.15, 0.2) is 10.5 Å². The summed E-state index contributed by atoms with van der Waals surface area (Å²) in [5, 5.41) is 8.88. The van der Waals surface area contributed by atoms with E-state index in [1.807, 2.05) is 0 Å². The van der Waals surface area contributed by atoms with E-state index in [0.717, 1.165) is 12.1 Å². The molecular weight excluding hydrogens is 234 g/mol. The molecule has 0 fully saturated rings. The first kappa shape index (κ1) is 14.7. The zero-order valence-electron chi connectivity index (χ0n) is 11.4. The number of furan rings is 1. The fourth-order valence-corrected chi connectivity index (χ4v) is 1.93. The van der Waals surface area contributed by atoms with E-state index in [0.29, 0.717) is 18.9 Å². The SMILES string of the molecule is CCN(Cc1cc(C(=O)O)oc1C)C(C)COC. The first-order chi connectivity index (χ1) is 8.49. The van der Waals surface area contributed by atoms with Gasteiger partial charge in [-0.05, 0) is 26.5 Å². The van der Waals surface area contributed by atoms with Crippen LogP contribution in [0.1, 0.15) is 35.7 Å². The molecule has 1 aromatic heterocycles. The van der Waals surface area contributed by atoms with Crippen molar-refractivity contribution in [2.45, 2.75) is 33.4 Å². The first-order valence-electron chi connectivity index (χ1n) is 6.05. The Bertz CT molecular complexity index is 400. The minimum Gasteiger partial charge on any atom is -0.475 e. The number of nitrogens with zero attached hydrogens (tertiary/aromatic N) is 1. The molecule has 1 rings (SSSR count). The minimum atomic E-state index is -1.03. The Morgan fingerprint density at radius 1 is 1.61 bits per heavy atom. The van der Waals surface area contributed by atoms with Crippen molar-refractivity contribution in [2.24, 2.45) is 0 Å². The van der Waals surface area contributed by atoms with Gasteiger partial charge in [-0.3, -0.25) is 4.90 Å². The largest absolute Gasteiger partial charge is 0.475 e. The molecule has 0 saturated carbocycles. The van der Waals surface area contributed by atoms with Crippen LogP contribution in [-0.4, -0.2) is 42.3 Å². The van der Waals surface area contributed by atoms with E-state index >= 15 is 0 Å². The topological polar surface area (TPSA) is 62.9 Å². The van der Waals surface area contributed by atoms with Crippen LogP contribution in [0.3, 0.4) is 0 Å². The minimum absolute atomic E-state index is 0.00190. The van der Waals surface area contributed by atoms with Gasteiger partial charge in [0.15, 0.2) is 0 Å². The average Bonchev–Trinajstić information content (AvgIpc) is 2.68. The molecule has 0 saturated heterocycles. The van der Waals surface area contributed by atoms with Gasteiger partial charge in [0.2, 0.25) is 5.76 Å². The van der Waals surface area contributed by atoms with Gasteiger partial charge in [-0.15, -0.1) is 0 Å². The highest BCUT2D eigenvalue weighted by Crippen LogP contribution is 2.18. The van der Waals surface area contributed by atoms with Crippen LogP contribution >= 0.6 is 0 Å². The molecule has 0 spiro atoms. The monoisotopic (exact) mass is 255 g/mol. The number of hydrogen-bond acceptors (Lipinski definition) is 4. The predicted octanol–water partition coefficient (Wildman–Crippen LogP) is 2.14. The molecule has 0 aliphatic carbocycles. The summed E-state index contributed by atoms with van der Waals surface area (Å²) < 4.78 is 10.3. The van der Waals surface area contributed by atoms with Crippen LogP contribution in [0.2, 0.25) is 0 Å². The van der Waals surface area contributed by atoms with Gasteiger partial charge in [-0.25, -0.2) is 4.79 Å². The van der Waals surface area contributed by atoms with Crippen molar-refractivity contribution in [3.63, 3.8) is 0 Å². The van der Waals surface area contributed by atoms with Crippen molar-refractivity contribution in [3.05, 3.63) is 23.2 Å². The molecule has 0 aliphatic rings. The summed E-state index contributed by atoms with van der Waals surface area (Å²) in [6, 6.07) is 1.88. The van der Waals surface area contributed by atoms with Crippen LogP contribution in [-0.2, 0) is 11.3 Å². The molecule has 102 valence electrons. The van der Waals surface area contributed by atoms with Gasteiger partial charge >= 0.3 is 5.97 Å².